The van der Waals surface area contributed by atoms with Crippen LogP contribution in [0, 0.1) is 5.92 Å². The monoisotopic (exact) mass is 222 g/mol. The second kappa shape index (κ2) is 6.12. The van der Waals surface area contributed by atoms with E-state index in [4.69, 9.17) is 10.6 Å². The van der Waals surface area contributed by atoms with E-state index in [9.17, 15) is 4.79 Å². The number of benzene rings is 1. The number of nitrogen functional groups attached to an aromatic ring is 1. The van der Waals surface area contributed by atoms with Crippen molar-refractivity contribution in [1.29, 1.82) is 0 Å². The third-order valence-electron chi connectivity index (χ3n) is 2.21. The van der Waals surface area contributed by atoms with Gasteiger partial charge in [-0.2, -0.15) is 0 Å². The summed E-state index contributed by atoms with van der Waals surface area (Å²) in [5.74, 6) is 6.13. The molecule has 0 aliphatic carbocycles. The summed E-state index contributed by atoms with van der Waals surface area (Å²) in [6, 6.07) is 6.91. The van der Waals surface area contributed by atoms with Crippen LogP contribution in [-0.4, -0.2) is 12.5 Å². The largest absolute Gasteiger partial charge is 0.494 e. The van der Waals surface area contributed by atoms with Crippen LogP contribution in [0.15, 0.2) is 24.3 Å². The minimum absolute atomic E-state index is 0.297. The molecular formula is C12H18N2O2. The van der Waals surface area contributed by atoms with Gasteiger partial charge in [-0.1, -0.05) is 13.8 Å². The highest BCUT2D eigenvalue weighted by Gasteiger charge is 2.03. The van der Waals surface area contributed by atoms with Crippen molar-refractivity contribution in [3.63, 3.8) is 0 Å². The minimum atomic E-state index is -0.297. The first-order chi connectivity index (χ1) is 7.63. The molecule has 0 fully saturated rings. The van der Waals surface area contributed by atoms with E-state index in [0.717, 1.165) is 12.2 Å². The molecule has 1 amide bonds. The fraction of sp³-hybridized carbons (Fsp3) is 0.417. The van der Waals surface area contributed by atoms with Gasteiger partial charge in [0, 0.05) is 5.56 Å². The molecule has 0 aromatic heterocycles. The molecule has 1 aromatic carbocycles. The lowest BCUT2D eigenvalue weighted by atomic mass is 10.1. The second-order valence-corrected chi connectivity index (χ2v) is 4.03. The number of amides is 1. The standard InChI is InChI=1S/C12H18N2O2/c1-9(2)7-8-16-11-5-3-10(4-6-11)12(15)14-13/h3-6,9H,7-8,13H2,1-2H3,(H,14,15). The van der Waals surface area contributed by atoms with Crippen molar-refractivity contribution in [3.05, 3.63) is 29.8 Å². The molecule has 0 saturated heterocycles. The first-order valence-corrected chi connectivity index (χ1v) is 5.37. The van der Waals surface area contributed by atoms with Crippen molar-refractivity contribution in [2.75, 3.05) is 6.61 Å². The van der Waals surface area contributed by atoms with Crippen molar-refractivity contribution in [2.45, 2.75) is 20.3 Å². The van der Waals surface area contributed by atoms with Gasteiger partial charge in [-0.15, -0.1) is 0 Å². The third kappa shape index (κ3) is 3.90. The first kappa shape index (κ1) is 12.5. The summed E-state index contributed by atoms with van der Waals surface area (Å²) >= 11 is 0. The smallest absolute Gasteiger partial charge is 0.265 e. The summed E-state index contributed by atoms with van der Waals surface area (Å²) in [4.78, 5) is 11.2. The van der Waals surface area contributed by atoms with Crippen LogP contribution in [0.2, 0.25) is 0 Å². The second-order valence-electron chi connectivity index (χ2n) is 4.03. The maximum atomic E-state index is 11.2. The minimum Gasteiger partial charge on any atom is -0.494 e. The lowest BCUT2D eigenvalue weighted by Crippen LogP contribution is -2.29. The molecule has 1 rings (SSSR count). The molecule has 0 heterocycles. The van der Waals surface area contributed by atoms with E-state index in [1.54, 1.807) is 24.3 Å². The Bertz CT molecular complexity index is 333. The summed E-state index contributed by atoms with van der Waals surface area (Å²) < 4.78 is 5.52. The van der Waals surface area contributed by atoms with Gasteiger partial charge in [0.2, 0.25) is 0 Å². The highest BCUT2D eigenvalue weighted by Crippen LogP contribution is 2.13. The number of carbonyl (C=O) groups excluding carboxylic acids is 1. The average Bonchev–Trinajstić information content (AvgIpc) is 2.28. The number of rotatable bonds is 5. The van der Waals surface area contributed by atoms with E-state index in [1.165, 1.54) is 0 Å². The zero-order valence-corrected chi connectivity index (χ0v) is 9.69. The van der Waals surface area contributed by atoms with Crippen molar-refractivity contribution in [3.8, 4) is 5.75 Å². The number of hydrogen-bond donors (Lipinski definition) is 2. The lowest BCUT2D eigenvalue weighted by Gasteiger charge is -2.08. The fourth-order valence-corrected chi connectivity index (χ4v) is 1.20. The van der Waals surface area contributed by atoms with Crippen LogP contribution in [0.4, 0.5) is 0 Å². The van der Waals surface area contributed by atoms with Gasteiger partial charge >= 0.3 is 0 Å². The van der Waals surface area contributed by atoms with Crippen LogP contribution in [0.5, 0.6) is 5.75 Å². The van der Waals surface area contributed by atoms with E-state index < -0.39 is 0 Å². The number of hydrazine groups is 1. The number of ether oxygens (including phenoxy) is 1. The predicted molar refractivity (Wildman–Crippen MR) is 63.0 cm³/mol. The molecular weight excluding hydrogens is 204 g/mol. The van der Waals surface area contributed by atoms with Gasteiger partial charge in [-0.3, -0.25) is 10.2 Å². The molecule has 0 radical (unpaired) electrons. The fourth-order valence-electron chi connectivity index (χ4n) is 1.20. The maximum Gasteiger partial charge on any atom is 0.265 e. The third-order valence-corrected chi connectivity index (χ3v) is 2.21. The highest BCUT2D eigenvalue weighted by atomic mass is 16.5. The van der Waals surface area contributed by atoms with Crippen LogP contribution in [-0.2, 0) is 0 Å². The molecule has 0 saturated carbocycles. The van der Waals surface area contributed by atoms with Crippen molar-refractivity contribution in [2.24, 2.45) is 11.8 Å². The van der Waals surface area contributed by atoms with Crippen molar-refractivity contribution >= 4 is 5.91 Å². The number of nitrogens with two attached hydrogens (primary N) is 1. The summed E-state index contributed by atoms with van der Waals surface area (Å²) in [5.41, 5.74) is 2.61. The van der Waals surface area contributed by atoms with Gasteiger partial charge < -0.3 is 4.74 Å². The molecule has 0 bridgehead atoms. The van der Waals surface area contributed by atoms with Gasteiger partial charge in [-0.25, -0.2) is 5.84 Å². The van der Waals surface area contributed by atoms with Gasteiger partial charge in [0.15, 0.2) is 0 Å². The van der Waals surface area contributed by atoms with Crippen LogP contribution in [0.25, 0.3) is 0 Å². The Morgan fingerprint density at radius 3 is 2.50 bits per heavy atom. The molecule has 0 aliphatic heterocycles. The Kier molecular flexibility index (Phi) is 4.79. The zero-order valence-electron chi connectivity index (χ0n) is 9.69. The Hall–Kier alpha value is -1.55. The van der Waals surface area contributed by atoms with E-state index >= 15 is 0 Å². The topological polar surface area (TPSA) is 64.3 Å². The molecule has 0 spiro atoms. The number of nitrogens with one attached hydrogen (secondary N) is 1. The van der Waals surface area contributed by atoms with Crippen LogP contribution < -0.4 is 16.0 Å². The van der Waals surface area contributed by atoms with Crippen LogP contribution in [0.3, 0.4) is 0 Å². The SMILES string of the molecule is CC(C)CCOc1ccc(C(=O)NN)cc1. The Morgan fingerprint density at radius 2 is 2.00 bits per heavy atom. The molecule has 88 valence electrons. The maximum absolute atomic E-state index is 11.2. The molecule has 4 heteroatoms. The number of hydrogen-bond acceptors (Lipinski definition) is 3. The summed E-state index contributed by atoms with van der Waals surface area (Å²) in [6.07, 6.45) is 1.02. The molecule has 4 nitrogen and oxygen atoms in total. The van der Waals surface area contributed by atoms with Crippen LogP contribution in [0.1, 0.15) is 30.6 Å². The molecule has 1 aromatic rings. The van der Waals surface area contributed by atoms with Gasteiger partial charge in [0.05, 0.1) is 6.61 Å². The van der Waals surface area contributed by atoms with Crippen molar-refractivity contribution in [1.82, 2.24) is 5.43 Å². The Balaban J connectivity index is 2.48. The molecule has 0 atom stereocenters. The molecule has 0 unspecified atom stereocenters. The van der Waals surface area contributed by atoms with Gasteiger partial charge in [-0.05, 0) is 36.6 Å². The molecule has 3 N–H and O–H groups in total. The summed E-state index contributed by atoms with van der Waals surface area (Å²) in [7, 11) is 0. The number of carbonyl (C=O) groups is 1. The normalized spacial score (nSPS) is 10.2. The highest BCUT2D eigenvalue weighted by molar-refractivity contribution is 5.93. The van der Waals surface area contributed by atoms with Gasteiger partial charge in [0.25, 0.3) is 5.91 Å². The average molecular weight is 222 g/mol. The lowest BCUT2D eigenvalue weighted by molar-refractivity contribution is 0.0953. The van der Waals surface area contributed by atoms with E-state index in [2.05, 4.69) is 19.3 Å². The van der Waals surface area contributed by atoms with Gasteiger partial charge in [0.1, 0.15) is 5.75 Å². The van der Waals surface area contributed by atoms with E-state index in [1.807, 2.05) is 0 Å². The Morgan fingerprint density at radius 1 is 1.38 bits per heavy atom. The Labute approximate surface area is 95.8 Å². The summed E-state index contributed by atoms with van der Waals surface area (Å²) in [6.45, 7) is 5.00. The zero-order chi connectivity index (χ0) is 12.0. The predicted octanol–water partition coefficient (Wildman–Crippen LogP) is 1.71. The molecule has 0 aliphatic rings. The van der Waals surface area contributed by atoms with Crippen LogP contribution >= 0.6 is 0 Å². The van der Waals surface area contributed by atoms with Crippen molar-refractivity contribution < 1.29 is 9.53 Å². The van der Waals surface area contributed by atoms with E-state index in [-0.39, 0.29) is 5.91 Å². The van der Waals surface area contributed by atoms with E-state index in [0.29, 0.717) is 18.1 Å². The summed E-state index contributed by atoms with van der Waals surface area (Å²) in [5, 5.41) is 0. The first-order valence-electron chi connectivity index (χ1n) is 5.37. The quantitative estimate of drug-likeness (QED) is 0.453. The molecule has 16 heavy (non-hydrogen) atoms.